The number of benzene rings is 1. The summed E-state index contributed by atoms with van der Waals surface area (Å²) in [5.74, 6) is 2.39. The van der Waals surface area contributed by atoms with Gasteiger partial charge in [0.25, 0.3) is 5.91 Å². The van der Waals surface area contributed by atoms with E-state index in [0.29, 0.717) is 35.4 Å². The molecule has 1 aromatic heterocycles. The number of nitrogens with zero attached hydrogens (tertiary/aromatic N) is 2. The van der Waals surface area contributed by atoms with Gasteiger partial charge in [0.05, 0.1) is 14.2 Å². The molecule has 0 aliphatic carbocycles. The summed E-state index contributed by atoms with van der Waals surface area (Å²) in [6.07, 6.45) is 0.775. The van der Waals surface area contributed by atoms with Crippen LogP contribution in [-0.2, 0) is 6.42 Å². The first-order chi connectivity index (χ1) is 12.4. The molecule has 140 valence electrons. The normalized spacial score (nSPS) is 10.5. The highest BCUT2D eigenvalue weighted by molar-refractivity contribution is 5.93. The first-order valence-corrected chi connectivity index (χ1v) is 8.54. The number of hydrogen-bond donors (Lipinski definition) is 2. The second-order valence-electron chi connectivity index (χ2n) is 6.18. The van der Waals surface area contributed by atoms with Crippen molar-refractivity contribution >= 4 is 11.7 Å². The van der Waals surface area contributed by atoms with E-state index in [1.54, 1.807) is 27.2 Å². The van der Waals surface area contributed by atoms with Gasteiger partial charge in [0.15, 0.2) is 11.5 Å². The minimum Gasteiger partial charge on any atom is -0.493 e. The van der Waals surface area contributed by atoms with Gasteiger partial charge < -0.3 is 20.1 Å². The molecule has 7 nitrogen and oxygen atoms in total. The molecule has 0 saturated carbocycles. The molecule has 1 aromatic carbocycles. The van der Waals surface area contributed by atoms with Gasteiger partial charge in [-0.1, -0.05) is 6.07 Å². The number of rotatable bonds is 8. The van der Waals surface area contributed by atoms with Crippen LogP contribution in [0.25, 0.3) is 0 Å². The average Bonchev–Trinajstić information content (AvgIpc) is 2.60. The van der Waals surface area contributed by atoms with Gasteiger partial charge in [-0.25, -0.2) is 9.97 Å². The molecule has 2 rings (SSSR count). The Morgan fingerprint density at radius 1 is 1.12 bits per heavy atom. The minimum atomic E-state index is -0.201. The summed E-state index contributed by atoms with van der Waals surface area (Å²) in [5.41, 5.74) is 1.47. The Kier molecular flexibility index (Phi) is 6.77. The van der Waals surface area contributed by atoms with E-state index in [-0.39, 0.29) is 11.9 Å². The van der Waals surface area contributed by atoms with Gasteiger partial charge in [-0.15, -0.1) is 0 Å². The Hall–Kier alpha value is -2.83. The summed E-state index contributed by atoms with van der Waals surface area (Å²) < 4.78 is 10.6. The van der Waals surface area contributed by atoms with Crippen LogP contribution in [0.1, 0.15) is 35.7 Å². The number of nitrogens with one attached hydrogen (secondary N) is 2. The Bertz CT molecular complexity index is 762. The van der Waals surface area contributed by atoms with E-state index in [4.69, 9.17) is 9.47 Å². The van der Waals surface area contributed by atoms with Crippen LogP contribution in [0, 0.1) is 6.92 Å². The fourth-order valence-corrected chi connectivity index (χ4v) is 2.48. The molecule has 7 heteroatoms. The summed E-state index contributed by atoms with van der Waals surface area (Å²) in [4.78, 5) is 20.7. The molecule has 0 aliphatic heterocycles. The minimum absolute atomic E-state index is 0.0548. The molecule has 0 aliphatic rings. The lowest BCUT2D eigenvalue weighted by atomic mass is 10.1. The number of aromatic nitrogens is 2. The van der Waals surface area contributed by atoms with Gasteiger partial charge in [0.1, 0.15) is 17.3 Å². The highest BCUT2D eigenvalue weighted by atomic mass is 16.5. The Morgan fingerprint density at radius 3 is 2.50 bits per heavy atom. The molecule has 0 bridgehead atoms. The first kappa shape index (κ1) is 19.5. The largest absolute Gasteiger partial charge is 0.493 e. The maximum Gasteiger partial charge on any atom is 0.270 e. The molecule has 0 fully saturated rings. The fourth-order valence-electron chi connectivity index (χ4n) is 2.48. The Morgan fingerprint density at radius 2 is 1.85 bits per heavy atom. The number of anilines is 1. The highest BCUT2D eigenvalue weighted by Crippen LogP contribution is 2.27. The van der Waals surface area contributed by atoms with Gasteiger partial charge in [-0.3, -0.25) is 4.79 Å². The summed E-state index contributed by atoms with van der Waals surface area (Å²) in [6, 6.07) is 7.55. The Labute approximate surface area is 154 Å². The maximum atomic E-state index is 12.1. The lowest BCUT2D eigenvalue weighted by molar-refractivity contribution is 0.0937. The van der Waals surface area contributed by atoms with Crippen LogP contribution >= 0.6 is 0 Å². The van der Waals surface area contributed by atoms with E-state index < -0.39 is 0 Å². The third-order valence-electron chi connectivity index (χ3n) is 3.66. The topological polar surface area (TPSA) is 85.4 Å². The van der Waals surface area contributed by atoms with E-state index in [0.717, 1.165) is 12.0 Å². The van der Waals surface area contributed by atoms with Gasteiger partial charge in [-0.2, -0.15) is 0 Å². The Balaban J connectivity index is 2.01. The molecule has 1 amide bonds. The van der Waals surface area contributed by atoms with Crippen LogP contribution < -0.4 is 20.1 Å². The number of hydrogen-bond acceptors (Lipinski definition) is 6. The zero-order valence-electron chi connectivity index (χ0n) is 15.9. The number of methoxy groups -OCH3 is 2. The average molecular weight is 358 g/mol. The first-order valence-electron chi connectivity index (χ1n) is 8.54. The second kappa shape index (κ2) is 9.03. The smallest absolute Gasteiger partial charge is 0.270 e. The standard InChI is InChI=1S/C19H26N4O3/c1-12(2)21-19(24)15-11-18(23-13(3)22-15)20-9-8-14-6-7-16(25-4)17(10-14)26-5/h6-7,10-12H,8-9H2,1-5H3,(H,21,24)(H,20,22,23). The van der Waals surface area contributed by atoms with Crippen molar-refractivity contribution in [1.29, 1.82) is 0 Å². The van der Waals surface area contributed by atoms with Crippen molar-refractivity contribution in [2.24, 2.45) is 0 Å². The van der Waals surface area contributed by atoms with E-state index in [1.165, 1.54) is 0 Å². The van der Waals surface area contributed by atoms with Crippen molar-refractivity contribution in [3.63, 3.8) is 0 Å². The zero-order valence-corrected chi connectivity index (χ0v) is 15.9. The van der Waals surface area contributed by atoms with Crippen molar-refractivity contribution in [1.82, 2.24) is 15.3 Å². The molecule has 2 N–H and O–H groups in total. The molecule has 0 unspecified atom stereocenters. The van der Waals surface area contributed by atoms with E-state index >= 15 is 0 Å². The number of amides is 1. The van der Waals surface area contributed by atoms with E-state index in [1.807, 2.05) is 32.0 Å². The van der Waals surface area contributed by atoms with Crippen LogP contribution in [0.3, 0.4) is 0 Å². The predicted molar refractivity (Wildman–Crippen MR) is 101 cm³/mol. The molecule has 0 spiro atoms. The van der Waals surface area contributed by atoms with Crippen molar-refractivity contribution in [3.05, 3.63) is 41.3 Å². The lowest BCUT2D eigenvalue weighted by Crippen LogP contribution is -2.31. The molecule has 0 saturated heterocycles. The monoisotopic (exact) mass is 358 g/mol. The van der Waals surface area contributed by atoms with Crippen LogP contribution in [0.4, 0.5) is 5.82 Å². The molecule has 0 radical (unpaired) electrons. The summed E-state index contributed by atoms with van der Waals surface area (Å²) >= 11 is 0. The summed E-state index contributed by atoms with van der Waals surface area (Å²) in [7, 11) is 3.23. The van der Waals surface area contributed by atoms with Crippen LogP contribution in [0.2, 0.25) is 0 Å². The zero-order chi connectivity index (χ0) is 19.1. The number of carbonyl (C=O) groups excluding carboxylic acids is 1. The third-order valence-corrected chi connectivity index (χ3v) is 3.66. The quantitative estimate of drug-likeness (QED) is 0.754. The van der Waals surface area contributed by atoms with Crippen LogP contribution in [0.15, 0.2) is 24.3 Å². The number of carbonyl (C=O) groups is 1. The SMILES string of the molecule is COc1ccc(CCNc2cc(C(=O)NC(C)C)nc(C)n2)cc1OC. The van der Waals surface area contributed by atoms with Crippen LogP contribution in [-0.4, -0.2) is 42.7 Å². The third kappa shape index (κ3) is 5.34. The second-order valence-corrected chi connectivity index (χ2v) is 6.18. The highest BCUT2D eigenvalue weighted by Gasteiger charge is 2.11. The molecule has 2 aromatic rings. The lowest BCUT2D eigenvalue weighted by Gasteiger charge is -2.12. The van der Waals surface area contributed by atoms with Crippen molar-refractivity contribution in [2.75, 3.05) is 26.1 Å². The number of aryl methyl sites for hydroxylation is 1. The van der Waals surface area contributed by atoms with E-state index in [9.17, 15) is 4.79 Å². The van der Waals surface area contributed by atoms with Crippen molar-refractivity contribution in [3.8, 4) is 11.5 Å². The summed E-state index contributed by atoms with van der Waals surface area (Å²) in [5, 5.41) is 6.08. The van der Waals surface area contributed by atoms with Crippen molar-refractivity contribution in [2.45, 2.75) is 33.2 Å². The van der Waals surface area contributed by atoms with E-state index in [2.05, 4.69) is 20.6 Å². The maximum absolute atomic E-state index is 12.1. The van der Waals surface area contributed by atoms with Crippen molar-refractivity contribution < 1.29 is 14.3 Å². The fraction of sp³-hybridized carbons (Fsp3) is 0.421. The van der Waals surface area contributed by atoms with Gasteiger partial charge in [0.2, 0.25) is 0 Å². The molecular weight excluding hydrogens is 332 g/mol. The van der Waals surface area contributed by atoms with Gasteiger partial charge in [0, 0.05) is 18.7 Å². The van der Waals surface area contributed by atoms with Gasteiger partial charge in [-0.05, 0) is 44.9 Å². The molecular formula is C19H26N4O3. The molecule has 0 atom stereocenters. The predicted octanol–water partition coefficient (Wildman–Crippen LogP) is 2.60. The molecule has 1 heterocycles. The van der Waals surface area contributed by atoms with Gasteiger partial charge >= 0.3 is 0 Å². The molecule has 26 heavy (non-hydrogen) atoms. The van der Waals surface area contributed by atoms with Crippen LogP contribution in [0.5, 0.6) is 11.5 Å². The summed E-state index contributed by atoms with van der Waals surface area (Å²) in [6.45, 7) is 6.26. The number of ether oxygens (including phenoxy) is 2.